The van der Waals surface area contributed by atoms with Crippen LogP contribution in [0.4, 0.5) is 0 Å². The highest BCUT2D eigenvalue weighted by atomic mass is 35.5. The molecule has 2 heterocycles. The van der Waals surface area contributed by atoms with Crippen LogP contribution in [0, 0.1) is 6.92 Å². The Kier molecular flexibility index (Phi) is 8.13. The standard InChI is InChI=1S/C18H25N3.2ClH/c1-3-4-9-17(21-12-10-19-11-13-21)18-14(2)20-16-8-6-5-7-15(16)18;;/h3,5-8,17,19-20H,1,4,9-13H2,2H3;2*1H/t17-;;/m0../s1. The first-order valence-corrected chi connectivity index (χ1v) is 7.94. The number of allylic oxidation sites excluding steroid dienone is 1. The number of rotatable bonds is 5. The van der Waals surface area contributed by atoms with Gasteiger partial charge in [-0.15, -0.1) is 31.4 Å². The number of fused-ring (bicyclic) bond motifs is 1. The Balaban J connectivity index is 0.00000132. The van der Waals surface area contributed by atoms with Gasteiger partial charge >= 0.3 is 0 Å². The number of hydrogen-bond donors (Lipinski definition) is 2. The van der Waals surface area contributed by atoms with Crippen molar-refractivity contribution < 1.29 is 0 Å². The first kappa shape index (κ1) is 20.0. The summed E-state index contributed by atoms with van der Waals surface area (Å²) in [6, 6.07) is 9.15. The van der Waals surface area contributed by atoms with E-state index in [1.807, 2.05) is 6.08 Å². The second kappa shape index (κ2) is 9.33. The van der Waals surface area contributed by atoms with Crippen LogP contribution in [-0.4, -0.2) is 36.1 Å². The van der Waals surface area contributed by atoms with E-state index in [-0.39, 0.29) is 24.8 Å². The van der Waals surface area contributed by atoms with Crippen LogP contribution >= 0.6 is 24.8 Å². The van der Waals surface area contributed by atoms with Crippen LogP contribution in [0.1, 0.15) is 30.1 Å². The van der Waals surface area contributed by atoms with Crippen molar-refractivity contribution in [1.29, 1.82) is 0 Å². The third-order valence-corrected chi connectivity index (χ3v) is 4.51. The largest absolute Gasteiger partial charge is 0.358 e. The average Bonchev–Trinajstić information content (AvgIpc) is 2.85. The van der Waals surface area contributed by atoms with Crippen molar-refractivity contribution in [2.75, 3.05) is 26.2 Å². The monoisotopic (exact) mass is 355 g/mol. The number of nitrogens with one attached hydrogen (secondary N) is 2. The SMILES string of the molecule is C=CCC[C@@H](c1c(C)[nH]c2ccccc12)N1CCNCC1.Cl.Cl. The summed E-state index contributed by atoms with van der Waals surface area (Å²) >= 11 is 0. The molecule has 128 valence electrons. The summed E-state index contributed by atoms with van der Waals surface area (Å²) in [5.41, 5.74) is 4.04. The van der Waals surface area contributed by atoms with Gasteiger partial charge in [-0.2, -0.15) is 0 Å². The molecule has 1 fully saturated rings. The lowest BCUT2D eigenvalue weighted by molar-refractivity contribution is 0.166. The number of nitrogens with zero attached hydrogens (tertiary/aromatic N) is 1. The predicted octanol–water partition coefficient (Wildman–Crippen LogP) is 4.23. The van der Waals surface area contributed by atoms with Gasteiger partial charge in [-0.1, -0.05) is 24.3 Å². The van der Waals surface area contributed by atoms with Gasteiger partial charge in [-0.05, 0) is 31.4 Å². The Hall–Kier alpha value is -1.000. The van der Waals surface area contributed by atoms with Crippen molar-refractivity contribution in [2.24, 2.45) is 0 Å². The van der Waals surface area contributed by atoms with Crippen LogP contribution in [0.3, 0.4) is 0 Å². The predicted molar refractivity (Wildman–Crippen MR) is 104 cm³/mol. The van der Waals surface area contributed by atoms with Crippen LogP contribution in [-0.2, 0) is 0 Å². The molecule has 0 spiro atoms. The number of para-hydroxylation sites is 1. The van der Waals surface area contributed by atoms with E-state index in [1.54, 1.807) is 0 Å². The molecular weight excluding hydrogens is 329 g/mol. The van der Waals surface area contributed by atoms with Crippen molar-refractivity contribution in [3.8, 4) is 0 Å². The van der Waals surface area contributed by atoms with E-state index in [1.165, 1.54) is 22.2 Å². The molecule has 0 aliphatic carbocycles. The second-order valence-electron chi connectivity index (χ2n) is 5.88. The van der Waals surface area contributed by atoms with Crippen LogP contribution in [0.5, 0.6) is 0 Å². The fourth-order valence-corrected chi connectivity index (χ4v) is 3.51. The van der Waals surface area contributed by atoms with E-state index >= 15 is 0 Å². The van der Waals surface area contributed by atoms with Crippen LogP contribution in [0.15, 0.2) is 36.9 Å². The maximum Gasteiger partial charge on any atom is 0.0459 e. The third-order valence-electron chi connectivity index (χ3n) is 4.51. The Bertz CT molecular complexity index is 618. The molecule has 5 heteroatoms. The van der Waals surface area contributed by atoms with Crippen molar-refractivity contribution >= 4 is 35.7 Å². The van der Waals surface area contributed by atoms with Gasteiger partial charge in [0.25, 0.3) is 0 Å². The van der Waals surface area contributed by atoms with Gasteiger partial charge in [-0.3, -0.25) is 4.90 Å². The first-order chi connectivity index (χ1) is 10.3. The molecule has 0 unspecified atom stereocenters. The molecule has 0 saturated carbocycles. The van der Waals surface area contributed by atoms with E-state index in [4.69, 9.17) is 0 Å². The van der Waals surface area contributed by atoms with Gasteiger partial charge in [-0.25, -0.2) is 0 Å². The van der Waals surface area contributed by atoms with E-state index in [0.717, 1.165) is 39.0 Å². The van der Waals surface area contributed by atoms with E-state index in [2.05, 4.69) is 53.0 Å². The maximum atomic E-state index is 3.91. The van der Waals surface area contributed by atoms with Gasteiger partial charge in [0.05, 0.1) is 0 Å². The van der Waals surface area contributed by atoms with E-state index < -0.39 is 0 Å². The summed E-state index contributed by atoms with van der Waals surface area (Å²) in [5.74, 6) is 0. The summed E-state index contributed by atoms with van der Waals surface area (Å²) in [6.45, 7) is 10.5. The molecule has 1 atom stereocenters. The number of halogens is 2. The highest BCUT2D eigenvalue weighted by Gasteiger charge is 2.25. The van der Waals surface area contributed by atoms with Gasteiger partial charge in [0.2, 0.25) is 0 Å². The number of H-pyrrole nitrogens is 1. The minimum Gasteiger partial charge on any atom is -0.358 e. The normalized spacial score (nSPS) is 16.4. The Morgan fingerprint density at radius 1 is 1.22 bits per heavy atom. The minimum atomic E-state index is 0. The maximum absolute atomic E-state index is 3.91. The summed E-state index contributed by atoms with van der Waals surface area (Å²) in [4.78, 5) is 6.18. The van der Waals surface area contributed by atoms with Crippen molar-refractivity contribution in [2.45, 2.75) is 25.8 Å². The topological polar surface area (TPSA) is 31.1 Å². The lowest BCUT2D eigenvalue weighted by atomic mass is 9.96. The quantitative estimate of drug-likeness (QED) is 0.786. The lowest BCUT2D eigenvalue weighted by Crippen LogP contribution is -2.45. The van der Waals surface area contributed by atoms with Gasteiger partial charge < -0.3 is 10.3 Å². The summed E-state index contributed by atoms with van der Waals surface area (Å²) in [5, 5.41) is 4.83. The van der Waals surface area contributed by atoms with Crippen molar-refractivity contribution in [3.05, 3.63) is 48.2 Å². The molecule has 1 aromatic heterocycles. The van der Waals surface area contributed by atoms with Crippen molar-refractivity contribution in [3.63, 3.8) is 0 Å². The molecule has 1 saturated heterocycles. The molecule has 2 aromatic rings. The van der Waals surface area contributed by atoms with Crippen LogP contribution in [0.2, 0.25) is 0 Å². The van der Waals surface area contributed by atoms with E-state index in [9.17, 15) is 0 Å². The zero-order valence-corrected chi connectivity index (χ0v) is 15.3. The minimum absolute atomic E-state index is 0. The molecule has 0 radical (unpaired) electrons. The Morgan fingerprint density at radius 3 is 2.61 bits per heavy atom. The number of hydrogen-bond acceptors (Lipinski definition) is 2. The first-order valence-electron chi connectivity index (χ1n) is 7.94. The summed E-state index contributed by atoms with van der Waals surface area (Å²) in [7, 11) is 0. The Morgan fingerprint density at radius 2 is 1.91 bits per heavy atom. The number of piperazine rings is 1. The van der Waals surface area contributed by atoms with Gasteiger partial charge in [0.15, 0.2) is 0 Å². The van der Waals surface area contributed by atoms with Crippen LogP contribution < -0.4 is 5.32 Å². The smallest absolute Gasteiger partial charge is 0.0459 e. The Labute approximate surface area is 151 Å². The number of aromatic amines is 1. The molecule has 1 aliphatic heterocycles. The molecule has 1 aliphatic rings. The van der Waals surface area contributed by atoms with Crippen LogP contribution in [0.25, 0.3) is 10.9 Å². The molecule has 3 nitrogen and oxygen atoms in total. The number of aromatic nitrogens is 1. The molecule has 1 aromatic carbocycles. The molecule has 23 heavy (non-hydrogen) atoms. The zero-order chi connectivity index (χ0) is 14.7. The highest BCUT2D eigenvalue weighted by molar-refractivity contribution is 5.86. The fourth-order valence-electron chi connectivity index (χ4n) is 3.51. The van der Waals surface area contributed by atoms with Gasteiger partial charge in [0.1, 0.15) is 0 Å². The molecule has 2 N–H and O–H groups in total. The summed E-state index contributed by atoms with van der Waals surface area (Å²) in [6.07, 6.45) is 4.25. The average molecular weight is 356 g/mol. The molecule has 0 bridgehead atoms. The molecular formula is C18H27Cl2N3. The number of aryl methyl sites for hydroxylation is 1. The van der Waals surface area contributed by atoms with Crippen molar-refractivity contribution in [1.82, 2.24) is 15.2 Å². The zero-order valence-electron chi connectivity index (χ0n) is 13.7. The summed E-state index contributed by atoms with van der Waals surface area (Å²) < 4.78 is 0. The number of benzene rings is 1. The fraction of sp³-hybridized carbons (Fsp3) is 0.444. The highest BCUT2D eigenvalue weighted by Crippen LogP contribution is 2.34. The second-order valence-corrected chi connectivity index (χ2v) is 5.88. The third kappa shape index (κ3) is 4.30. The van der Waals surface area contributed by atoms with E-state index in [0.29, 0.717) is 6.04 Å². The van der Waals surface area contributed by atoms with Gasteiger partial charge in [0, 0.05) is 48.8 Å². The lowest BCUT2D eigenvalue weighted by Gasteiger charge is -2.35. The molecule has 3 rings (SSSR count). The molecule has 0 amide bonds.